The Morgan fingerprint density at radius 2 is 1.80 bits per heavy atom. The third kappa shape index (κ3) is 4.31. The molecule has 0 spiro atoms. The molecule has 0 saturated heterocycles. The Morgan fingerprint density at radius 1 is 1.08 bits per heavy atom. The summed E-state index contributed by atoms with van der Waals surface area (Å²) in [6.07, 6.45) is 1.60. The molecular weight excluding hydrogens is 388 g/mol. The van der Waals surface area contributed by atoms with Crippen molar-refractivity contribution in [1.82, 2.24) is 9.78 Å². The van der Waals surface area contributed by atoms with Crippen molar-refractivity contribution in [2.24, 2.45) is 0 Å². The van der Waals surface area contributed by atoms with Crippen LogP contribution in [0.2, 0.25) is 10.0 Å². The summed E-state index contributed by atoms with van der Waals surface area (Å²) in [6, 6.07) is 11.4. The van der Waals surface area contributed by atoms with Crippen LogP contribution >= 0.6 is 23.2 Å². The molecule has 25 heavy (non-hydrogen) atoms. The third-order valence-corrected chi connectivity index (χ3v) is 5.33. The van der Waals surface area contributed by atoms with E-state index < -0.39 is 15.8 Å². The summed E-state index contributed by atoms with van der Waals surface area (Å²) in [5.41, 5.74) is 0.665. The van der Waals surface area contributed by atoms with Crippen LogP contribution in [0.5, 0.6) is 0 Å². The molecule has 0 radical (unpaired) electrons. The Bertz CT molecular complexity index is 1000. The maximum absolute atomic E-state index is 13.1. The second kappa shape index (κ2) is 7.03. The highest BCUT2D eigenvalue weighted by atomic mass is 35.5. The predicted molar refractivity (Wildman–Crippen MR) is 95.0 cm³/mol. The van der Waals surface area contributed by atoms with Crippen LogP contribution in [0.1, 0.15) is 5.56 Å². The van der Waals surface area contributed by atoms with Gasteiger partial charge in [0.15, 0.2) is 5.82 Å². The zero-order valence-electron chi connectivity index (χ0n) is 12.7. The van der Waals surface area contributed by atoms with E-state index in [4.69, 9.17) is 23.2 Å². The van der Waals surface area contributed by atoms with Crippen LogP contribution in [0.25, 0.3) is 0 Å². The van der Waals surface area contributed by atoms with E-state index in [0.29, 0.717) is 10.6 Å². The lowest BCUT2D eigenvalue weighted by Gasteiger charge is -2.06. The van der Waals surface area contributed by atoms with Crippen molar-refractivity contribution in [3.05, 3.63) is 76.2 Å². The summed E-state index contributed by atoms with van der Waals surface area (Å²) in [7, 11) is -3.76. The minimum atomic E-state index is -3.76. The first-order valence-corrected chi connectivity index (χ1v) is 9.33. The number of hydrogen-bond donors (Lipinski definition) is 1. The second-order valence-electron chi connectivity index (χ2n) is 5.19. The highest BCUT2D eigenvalue weighted by Crippen LogP contribution is 2.20. The van der Waals surface area contributed by atoms with E-state index in [1.54, 1.807) is 12.3 Å². The van der Waals surface area contributed by atoms with Crippen molar-refractivity contribution >= 4 is 39.0 Å². The Balaban J connectivity index is 1.76. The molecule has 2 aromatic carbocycles. The fraction of sp³-hybridized carbons (Fsp3) is 0.0625. The van der Waals surface area contributed by atoms with E-state index >= 15 is 0 Å². The van der Waals surface area contributed by atoms with Crippen molar-refractivity contribution in [3.63, 3.8) is 0 Å². The summed E-state index contributed by atoms with van der Waals surface area (Å²) in [5.74, 6) is -0.265. The topological polar surface area (TPSA) is 64.0 Å². The molecular formula is C16H12Cl2FN3O2S. The molecule has 1 aromatic heterocycles. The third-order valence-electron chi connectivity index (χ3n) is 3.35. The van der Waals surface area contributed by atoms with Gasteiger partial charge in [-0.05, 0) is 42.0 Å². The van der Waals surface area contributed by atoms with Crippen LogP contribution in [-0.4, -0.2) is 18.2 Å². The van der Waals surface area contributed by atoms with Crippen LogP contribution in [0.15, 0.2) is 59.6 Å². The van der Waals surface area contributed by atoms with Gasteiger partial charge in [0.1, 0.15) is 5.82 Å². The Morgan fingerprint density at radius 3 is 2.48 bits per heavy atom. The summed E-state index contributed by atoms with van der Waals surface area (Å²) in [4.78, 5) is 0.0769. The van der Waals surface area contributed by atoms with Crippen LogP contribution in [-0.2, 0) is 16.6 Å². The summed E-state index contributed by atoms with van der Waals surface area (Å²) >= 11 is 11.7. The molecule has 9 heteroatoms. The minimum absolute atomic E-state index is 0.0769. The average molecular weight is 400 g/mol. The zero-order chi connectivity index (χ0) is 18.0. The molecule has 3 aromatic rings. The number of nitrogens with one attached hydrogen (secondary N) is 1. The fourth-order valence-corrected chi connectivity index (χ4v) is 3.49. The van der Waals surface area contributed by atoms with Crippen LogP contribution in [0.4, 0.5) is 10.2 Å². The Kier molecular flexibility index (Phi) is 4.99. The van der Waals surface area contributed by atoms with Gasteiger partial charge in [-0.1, -0.05) is 29.3 Å². The van der Waals surface area contributed by atoms with E-state index in [-0.39, 0.29) is 22.3 Å². The van der Waals surface area contributed by atoms with Crippen LogP contribution in [0, 0.1) is 5.82 Å². The number of rotatable bonds is 5. The Hall–Kier alpha value is -2.09. The van der Waals surface area contributed by atoms with E-state index in [9.17, 15) is 12.8 Å². The molecule has 0 saturated carbocycles. The van der Waals surface area contributed by atoms with E-state index in [2.05, 4.69) is 9.82 Å². The SMILES string of the molecule is O=S(=O)(Nc1ccn(Cc2ccc(F)cc2Cl)n1)c1ccc(Cl)cc1. The molecule has 0 amide bonds. The molecule has 0 aliphatic heterocycles. The van der Waals surface area contributed by atoms with Gasteiger partial charge in [-0.2, -0.15) is 5.10 Å². The smallest absolute Gasteiger partial charge is 0.263 e. The van der Waals surface area contributed by atoms with Gasteiger partial charge >= 0.3 is 0 Å². The standard InChI is InChI=1S/C16H12Cl2FN3O2S/c17-12-2-5-14(6-3-12)25(23,24)21-16-7-8-22(20-16)10-11-1-4-13(19)9-15(11)18/h1-9H,10H2,(H,20,21). The lowest BCUT2D eigenvalue weighted by molar-refractivity contribution is 0.600. The number of sulfonamides is 1. The van der Waals surface area contributed by atoms with Gasteiger partial charge in [0.2, 0.25) is 0 Å². The highest BCUT2D eigenvalue weighted by Gasteiger charge is 2.15. The molecule has 1 heterocycles. The van der Waals surface area contributed by atoms with Crippen LogP contribution in [0.3, 0.4) is 0 Å². The first kappa shape index (κ1) is 17.7. The first-order valence-electron chi connectivity index (χ1n) is 7.09. The molecule has 130 valence electrons. The minimum Gasteiger partial charge on any atom is -0.266 e. The number of halogens is 3. The fourth-order valence-electron chi connectivity index (χ4n) is 2.14. The monoisotopic (exact) mass is 399 g/mol. The summed E-state index contributed by atoms with van der Waals surface area (Å²) < 4.78 is 41.6. The van der Waals surface area contributed by atoms with Gasteiger partial charge in [0.25, 0.3) is 10.0 Å². The predicted octanol–water partition coefficient (Wildman–Crippen LogP) is 4.18. The largest absolute Gasteiger partial charge is 0.266 e. The van der Waals surface area contributed by atoms with Gasteiger partial charge in [-0.25, -0.2) is 12.8 Å². The van der Waals surface area contributed by atoms with E-state index in [1.807, 2.05) is 0 Å². The first-order chi connectivity index (χ1) is 11.8. The molecule has 0 bridgehead atoms. The lowest BCUT2D eigenvalue weighted by Crippen LogP contribution is -2.13. The highest BCUT2D eigenvalue weighted by molar-refractivity contribution is 7.92. The zero-order valence-corrected chi connectivity index (χ0v) is 15.0. The number of benzene rings is 2. The normalized spacial score (nSPS) is 11.5. The van der Waals surface area contributed by atoms with Gasteiger partial charge in [-0.15, -0.1) is 0 Å². The summed E-state index contributed by atoms with van der Waals surface area (Å²) in [5, 5.41) is 4.87. The molecule has 1 N–H and O–H groups in total. The molecule has 3 rings (SSSR count). The Labute approximate surface area is 154 Å². The van der Waals surface area contributed by atoms with E-state index in [0.717, 1.165) is 0 Å². The second-order valence-corrected chi connectivity index (χ2v) is 7.72. The number of nitrogens with zero attached hydrogens (tertiary/aromatic N) is 2. The van der Waals surface area contributed by atoms with Gasteiger partial charge in [0.05, 0.1) is 11.4 Å². The number of aromatic nitrogens is 2. The number of anilines is 1. The number of hydrogen-bond acceptors (Lipinski definition) is 3. The van der Waals surface area contributed by atoms with Crippen molar-refractivity contribution < 1.29 is 12.8 Å². The van der Waals surface area contributed by atoms with E-state index in [1.165, 1.54) is 47.1 Å². The maximum Gasteiger partial charge on any atom is 0.263 e. The van der Waals surface area contributed by atoms with Crippen molar-refractivity contribution in [2.45, 2.75) is 11.4 Å². The average Bonchev–Trinajstić information content (AvgIpc) is 2.97. The maximum atomic E-state index is 13.1. The van der Waals surface area contributed by atoms with Gasteiger partial charge in [-0.3, -0.25) is 9.40 Å². The molecule has 0 unspecified atom stereocenters. The van der Waals surface area contributed by atoms with Gasteiger partial charge in [0, 0.05) is 22.3 Å². The van der Waals surface area contributed by atoms with Crippen molar-refractivity contribution in [3.8, 4) is 0 Å². The lowest BCUT2D eigenvalue weighted by atomic mass is 10.2. The molecule has 5 nitrogen and oxygen atoms in total. The summed E-state index contributed by atoms with van der Waals surface area (Å²) in [6.45, 7) is 0.280. The van der Waals surface area contributed by atoms with Crippen LogP contribution < -0.4 is 4.72 Å². The molecule has 0 aliphatic carbocycles. The quantitative estimate of drug-likeness (QED) is 0.699. The molecule has 0 fully saturated rings. The van der Waals surface area contributed by atoms with Crippen molar-refractivity contribution in [2.75, 3.05) is 4.72 Å². The molecule has 0 aliphatic rings. The van der Waals surface area contributed by atoms with Gasteiger partial charge < -0.3 is 0 Å². The molecule has 0 atom stereocenters. The van der Waals surface area contributed by atoms with Crippen molar-refractivity contribution in [1.29, 1.82) is 0 Å².